The largest absolute Gasteiger partial charge is 0.379 e. The highest BCUT2D eigenvalue weighted by Gasteiger charge is 2.29. The summed E-state index contributed by atoms with van der Waals surface area (Å²) in [7, 11) is -3.50. The van der Waals surface area contributed by atoms with Crippen molar-refractivity contribution >= 4 is 10.2 Å². The minimum absolute atomic E-state index is 0.220. The third-order valence-corrected chi connectivity index (χ3v) is 6.07. The first kappa shape index (κ1) is 16.9. The Labute approximate surface area is 138 Å². The van der Waals surface area contributed by atoms with Gasteiger partial charge < -0.3 is 9.64 Å². The molecule has 7 heteroatoms. The van der Waals surface area contributed by atoms with Crippen molar-refractivity contribution in [1.29, 1.82) is 0 Å². The molecule has 2 aliphatic heterocycles. The van der Waals surface area contributed by atoms with Crippen LogP contribution in [0, 0.1) is 0 Å². The predicted molar refractivity (Wildman–Crippen MR) is 89.3 cm³/mol. The van der Waals surface area contributed by atoms with Gasteiger partial charge in [0.05, 0.1) is 19.3 Å². The Morgan fingerprint density at radius 2 is 1.70 bits per heavy atom. The second-order valence-electron chi connectivity index (χ2n) is 6.11. The maximum atomic E-state index is 12.7. The number of likely N-dealkylation sites (tertiary alicyclic amines) is 1. The fourth-order valence-electron chi connectivity index (χ4n) is 3.16. The van der Waals surface area contributed by atoms with E-state index in [-0.39, 0.29) is 6.04 Å². The van der Waals surface area contributed by atoms with Gasteiger partial charge in [0.1, 0.15) is 0 Å². The molecule has 0 unspecified atom stereocenters. The summed E-state index contributed by atoms with van der Waals surface area (Å²) in [5.41, 5.74) is 1.01. The molecule has 1 aromatic carbocycles. The van der Waals surface area contributed by atoms with Gasteiger partial charge in [-0.15, -0.1) is 0 Å². The summed E-state index contributed by atoms with van der Waals surface area (Å²) >= 11 is 0. The van der Waals surface area contributed by atoms with E-state index >= 15 is 0 Å². The average molecular weight is 339 g/mol. The predicted octanol–water partition coefficient (Wildman–Crippen LogP) is 0.990. The highest BCUT2D eigenvalue weighted by atomic mass is 32.2. The van der Waals surface area contributed by atoms with Crippen molar-refractivity contribution in [1.82, 2.24) is 13.9 Å². The number of rotatable bonds is 6. The van der Waals surface area contributed by atoms with E-state index in [0.717, 1.165) is 18.7 Å². The number of ether oxygens (including phenoxy) is 1. The SMILES string of the molecule is O=S(=O)(N[C@H](CN1CCCC1)c1ccccc1)N1CCOCC1. The van der Waals surface area contributed by atoms with Crippen LogP contribution in [0.25, 0.3) is 0 Å². The van der Waals surface area contributed by atoms with Gasteiger partial charge in [-0.1, -0.05) is 30.3 Å². The molecule has 128 valence electrons. The third-order valence-electron chi connectivity index (χ3n) is 4.44. The van der Waals surface area contributed by atoms with Crippen LogP contribution in [0.5, 0.6) is 0 Å². The van der Waals surface area contributed by atoms with Gasteiger partial charge in [-0.3, -0.25) is 0 Å². The lowest BCUT2D eigenvalue weighted by Crippen LogP contribution is -2.49. The Kier molecular flexibility index (Phi) is 5.66. The van der Waals surface area contributed by atoms with Gasteiger partial charge in [0.25, 0.3) is 10.2 Å². The molecule has 1 aromatic rings. The molecule has 0 saturated carbocycles. The molecule has 6 nitrogen and oxygen atoms in total. The molecule has 23 heavy (non-hydrogen) atoms. The molecule has 0 bridgehead atoms. The van der Waals surface area contributed by atoms with E-state index < -0.39 is 10.2 Å². The summed E-state index contributed by atoms with van der Waals surface area (Å²) < 4.78 is 35.0. The van der Waals surface area contributed by atoms with E-state index in [1.165, 1.54) is 17.1 Å². The van der Waals surface area contributed by atoms with Crippen molar-refractivity contribution in [3.8, 4) is 0 Å². The van der Waals surface area contributed by atoms with Crippen LogP contribution < -0.4 is 4.72 Å². The van der Waals surface area contributed by atoms with Gasteiger partial charge in [0.2, 0.25) is 0 Å². The lowest BCUT2D eigenvalue weighted by atomic mass is 10.1. The Bertz CT molecular complexity index is 582. The van der Waals surface area contributed by atoms with Gasteiger partial charge in [-0.2, -0.15) is 17.4 Å². The highest BCUT2D eigenvalue weighted by molar-refractivity contribution is 7.87. The van der Waals surface area contributed by atoms with E-state index in [0.29, 0.717) is 32.8 Å². The smallest absolute Gasteiger partial charge is 0.280 e. The van der Waals surface area contributed by atoms with Crippen molar-refractivity contribution in [2.45, 2.75) is 18.9 Å². The topological polar surface area (TPSA) is 61.9 Å². The molecule has 0 radical (unpaired) electrons. The van der Waals surface area contributed by atoms with Crippen LogP contribution in [-0.2, 0) is 14.9 Å². The first-order chi connectivity index (χ1) is 11.1. The maximum Gasteiger partial charge on any atom is 0.280 e. The van der Waals surface area contributed by atoms with Crippen LogP contribution in [0.1, 0.15) is 24.4 Å². The molecule has 2 heterocycles. The molecule has 0 spiro atoms. The van der Waals surface area contributed by atoms with Crippen LogP contribution in [0.4, 0.5) is 0 Å². The van der Waals surface area contributed by atoms with E-state index in [9.17, 15) is 8.42 Å². The Morgan fingerprint density at radius 3 is 2.35 bits per heavy atom. The number of nitrogens with zero attached hydrogens (tertiary/aromatic N) is 2. The zero-order valence-corrected chi connectivity index (χ0v) is 14.2. The zero-order valence-electron chi connectivity index (χ0n) is 13.4. The minimum atomic E-state index is -3.50. The molecule has 1 atom stereocenters. The lowest BCUT2D eigenvalue weighted by Gasteiger charge is -2.30. The first-order valence-corrected chi connectivity index (χ1v) is 9.71. The van der Waals surface area contributed by atoms with Crippen molar-refractivity contribution in [2.75, 3.05) is 45.9 Å². The number of hydrogen-bond acceptors (Lipinski definition) is 4. The Morgan fingerprint density at radius 1 is 1.04 bits per heavy atom. The first-order valence-electron chi connectivity index (χ1n) is 8.27. The summed E-state index contributed by atoms with van der Waals surface area (Å²) in [6, 6.07) is 9.62. The van der Waals surface area contributed by atoms with E-state index in [4.69, 9.17) is 4.74 Å². The van der Waals surface area contributed by atoms with Crippen molar-refractivity contribution in [3.05, 3.63) is 35.9 Å². The van der Waals surface area contributed by atoms with Crippen LogP contribution >= 0.6 is 0 Å². The maximum absolute atomic E-state index is 12.7. The number of hydrogen-bond donors (Lipinski definition) is 1. The molecule has 2 aliphatic rings. The number of morpholine rings is 1. The number of benzene rings is 1. The quantitative estimate of drug-likeness (QED) is 0.840. The Hall–Kier alpha value is -0.990. The van der Waals surface area contributed by atoms with Gasteiger partial charge >= 0.3 is 0 Å². The minimum Gasteiger partial charge on any atom is -0.379 e. The monoisotopic (exact) mass is 339 g/mol. The summed E-state index contributed by atoms with van der Waals surface area (Å²) in [4.78, 5) is 2.33. The lowest BCUT2D eigenvalue weighted by molar-refractivity contribution is 0.0722. The molecule has 0 amide bonds. The molecule has 2 fully saturated rings. The van der Waals surface area contributed by atoms with Crippen molar-refractivity contribution < 1.29 is 13.2 Å². The highest BCUT2D eigenvalue weighted by Crippen LogP contribution is 2.19. The van der Waals surface area contributed by atoms with Crippen molar-refractivity contribution in [3.63, 3.8) is 0 Å². The third kappa shape index (κ3) is 4.51. The van der Waals surface area contributed by atoms with Crippen molar-refractivity contribution in [2.24, 2.45) is 0 Å². The van der Waals surface area contributed by atoms with Crippen LogP contribution in [0.2, 0.25) is 0 Å². The second kappa shape index (κ2) is 7.72. The Balaban J connectivity index is 1.74. The molecule has 1 N–H and O–H groups in total. The van der Waals surface area contributed by atoms with Gasteiger partial charge in [-0.25, -0.2) is 0 Å². The van der Waals surface area contributed by atoms with Gasteiger partial charge in [0, 0.05) is 19.6 Å². The normalized spacial score (nSPS) is 22.3. The summed E-state index contributed by atoms with van der Waals surface area (Å²) in [6.07, 6.45) is 2.38. The van der Waals surface area contributed by atoms with E-state index in [1.807, 2.05) is 30.3 Å². The van der Waals surface area contributed by atoms with Crippen LogP contribution in [-0.4, -0.2) is 63.6 Å². The van der Waals surface area contributed by atoms with Crippen LogP contribution in [0.3, 0.4) is 0 Å². The molecular weight excluding hydrogens is 314 g/mol. The second-order valence-corrected chi connectivity index (χ2v) is 7.81. The molecule has 3 rings (SSSR count). The summed E-state index contributed by atoms with van der Waals surface area (Å²) in [5, 5.41) is 0. The molecular formula is C16H25N3O3S. The fourth-order valence-corrected chi connectivity index (χ4v) is 4.51. The number of nitrogens with one attached hydrogen (secondary N) is 1. The zero-order chi connectivity index (χ0) is 16.1. The van der Waals surface area contributed by atoms with E-state index in [1.54, 1.807) is 0 Å². The van der Waals surface area contributed by atoms with E-state index in [2.05, 4.69) is 9.62 Å². The summed E-state index contributed by atoms with van der Waals surface area (Å²) in [5.74, 6) is 0. The molecule has 2 saturated heterocycles. The average Bonchev–Trinajstić information content (AvgIpc) is 3.09. The standard InChI is InChI=1S/C16H25N3O3S/c20-23(21,19-10-12-22-13-11-19)17-16(14-18-8-4-5-9-18)15-6-2-1-3-7-15/h1-3,6-7,16-17H,4-5,8-14H2/t16-/m1/s1. The van der Waals surface area contributed by atoms with Gasteiger partial charge in [0.15, 0.2) is 0 Å². The summed E-state index contributed by atoms with van der Waals surface area (Å²) in [6.45, 7) is 4.56. The van der Waals surface area contributed by atoms with Crippen LogP contribution in [0.15, 0.2) is 30.3 Å². The fraction of sp³-hybridized carbons (Fsp3) is 0.625. The molecule has 0 aliphatic carbocycles. The molecule has 0 aromatic heterocycles. The van der Waals surface area contributed by atoms with Gasteiger partial charge in [-0.05, 0) is 31.5 Å².